The fraction of sp³-hybridized carbons (Fsp3) is 0.857. The van der Waals surface area contributed by atoms with Crippen molar-refractivity contribution in [2.24, 2.45) is 17.1 Å². The molecule has 1 atom stereocenters. The summed E-state index contributed by atoms with van der Waals surface area (Å²) < 4.78 is 4.83. The van der Waals surface area contributed by atoms with Crippen LogP contribution in [0.4, 0.5) is 0 Å². The van der Waals surface area contributed by atoms with Crippen LogP contribution in [0, 0.1) is 11.3 Å². The van der Waals surface area contributed by atoms with Gasteiger partial charge < -0.3 is 20.7 Å². The molecule has 0 spiro atoms. The van der Waals surface area contributed by atoms with Crippen LogP contribution in [0.2, 0.25) is 0 Å². The van der Waals surface area contributed by atoms with Crippen molar-refractivity contribution in [3.05, 3.63) is 0 Å². The van der Waals surface area contributed by atoms with Crippen molar-refractivity contribution in [2.45, 2.75) is 26.7 Å². The average molecular weight is 285 g/mol. The van der Waals surface area contributed by atoms with E-state index in [1.54, 1.807) is 0 Å². The maximum Gasteiger partial charge on any atom is 0.312 e. The Bertz CT molecular complexity index is 345. The number of methoxy groups -OCH3 is 1. The van der Waals surface area contributed by atoms with E-state index in [1.165, 1.54) is 7.11 Å². The summed E-state index contributed by atoms with van der Waals surface area (Å²) in [6.45, 7) is 6.94. The van der Waals surface area contributed by atoms with Crippen molar-refractivity contribution in [2.75, 3.05) is 39.8 Å². The molecular formula is C14H27N3O3. The molecule has 0 aromatic heterocycles. The molecule has 6 nitrogen and oxygen atoms in total. The van der Waals surface area contributed by atoms with Crippen LogP contribution < -0.4 is 11.1 Å². The molecule has 20 heavy (non-hydrogen) atoms. The molecule has 0 radical (unpaired) electrons. The lowest BCUT2D eigenvalue weighted by Gasteiger charge is -2.36. The number of nitrogens with zero attached hydrogens (tertiary/aromatic N) is 1. The third-order valence-electron chi connectivity index (χ3n) is 3.68. The van der Waals surface area contributed by atoms with Crippen molar-refractivity contribution in [1.82, 2.24) is 10.2 Å². The molecule has 0 bridgehead atoms. The summed E-state index contributed by atoms with van der Waals surface area (Å²) in [5.74, 6) is -0.160. The molecule has 0 aromatic rings. The van der Waals surface area contributed by atoms with E-state index < -0.39 is 5.41 Å². The third kappa shape index (κ3) is 4.76. The molecule has 6 heteroatoms. The molecule has 0 aromatic carbocycles. The number of ether oxygens (including phenoxy) is 1. The first kappa shape index (κ1) is 16.9. The Balaban J connectivity index is 2.52. The lowest BCUT2D eigenvalue weighted by atomic mass is 9.90. The van der Waals surface area contributed by atoms with Crippen LogP contribution in [0.3, 0.4) is 0 Å². The normalized spacial score (nSPS) is 20.5. The van der Waals surface area contributed by atoms with Gasteiger partial charge in [0.15, 0.2) is 0 Å². The highest BCUT2D eigenvalue weighted by molar-refractivity contribution is 5.79. The van der Waals surface area contributed by atoms with Gasteiger partial charge in [0.1, 0.15) is 0 Å². The van der Waals surface area contributed by atoms with Gasteiger partial charge >= 0.3 is 5.97 Å². The van der Waals surface area contributed by atoms with E-state index in [2.05, 4.69) is 10.2 Å². The monoisotopic (exact) mass is 285 g/mol. The number of piperidine rings is 1. The first-order valence-electron chi connectivity index (χ1n) is 7.19. The number of amides is 1. The highest BCUT2D eigenvalue weighted by Crippen LogP contribution is 2.23. The topological polar surface area (TPSA) is 84.7 Å². The third-order valence-corrected chi connectivity index (χ3v) is 3.68. The Morgan fingerprint density at radius 2 is 2.15 bits per heavy atom. The van der Waals surface area contributed by atoms with E-state index in [0.29, 0.717) is 26.2 Å². The van der Waals surface area contributed by atoms with Crippen LogP contribution in [0.1, 0.15) is 26.7 Å². The zero-order chi connectivity index (χ0) is 15.2. The van der Waals surface area contributed by atoms with E-state index in [-0.39, 0.29) is 17.8 Å². The summed E-state index contributed by atoms with van der Waals surface area (Å²) in [5, 5.41) is 2.84. The minimum atomic E-state index is -0.551. The Morgan fingerprint density at radius 3 is 2.75 bits per heavy atom. The SMILES string of the molecule is COC(=O)C(C)(C)CN1CCCC(C(=O)NCCN)C1. The molecule has 1 fully saturated rings. The Hall–Kier alpha value is -1.14. The number of hydrogen-bond acceptors (Lipinski definition) is 5. The number of rotatable bonds is 6. The van der Waals surface area contributed by atoms with Gasteiger partial charge in [-0.3, -0.25) is 9.59 Å². The van der Waals surface area contributed by atoms with Crippen molar-refractivity contribution < 1.29 is 14.3 Å². The second-order valence-electron chi connectivity index (χ2n) is 6.03. The number of nitrogens with one attached hydrogen (secondary N) is 1. The summed E-state index contributed by atoms with van der Waals surface area (Å²) in [6.07, 6.45) is 1.86. The summed E-state index contributed by atoms with van der Waals surface area (Å²) >= 11 is 0. The summed E-state index contributed by atoms with van der Waals surface area (Å²) in [4.78, 5) is 25.9. The lowest BCUT2D eigenvalue weighted by Crippen LogP contribution is -2.48. The largest absolute Gasteiger partial charge is 0.469 e. The van der Waals surface area contributed by atoms with E-state index in [1.807, 2.05) is 13.8 Å². The minimum Gasteiger partial charge on any atom is -0.469 e. The summed E-state index contributed by atoms with van der Waals surface area (Å²) in [6, 6.07) is 0. The molecular weight excluding hydrogens is 258 g/mol. The maximum absolute atomic E-state index is 12.0. The molecule has 1 aliphatic rings. The number of carbonyl (C=O) groups excluding carboxylic acids is 2. The lowest BCUT2D eigenvalue weighted by molar-refractivity contribution is -0.152. The Labute approximate surface area is 121 Å². The number of esters is 1. The summed E-state index contributed by atoms with van der Waals surface area (Å²) in [5.41, 5.74) is 4.84. The molecule has 1 amide bonds. The molecule has 1 saturated heterocycles. The Morgan fingerprint density at radius 1 is 1.45 bits per heavy atom. The second-order valence-corrected chi connectivity index (χ2v) is 6.03. The number of carbonyl (C=O) groups is 2. The average Bonchev–Trinajstić information content (AvgIpc) is 2.43. The molecule has 1 rings (SSSR count). The molecule has 1 unspecified atom stereocenters. The van der Waals surface area contributed by atoms with E-state index in [0.717, 1.165) is 19.4 Å². The quantitative estimate of drug-likeness (QED) is 0.670. The highest BCUT2D eigenvalue weighted by atomic mass is 16.5. The number of hydrogen-bond donors (Lipinski definition) is 2. The molecule has 0 aliphatic carbocycles. The van der Waals surface area contributed by atoms with Gasteiger partial charge in [0.05, 0.1) is 18.4 Å². The Kier molecular flexibility index (Phi) is 6.42. The van der Waals surface area contributed by atoms with Crippen molar-refractivity contribution in [3.63, 3.8) is 0 Å². The van der Waals surface area contributed by atoms with Crippen LogP contribution in [0.15, 0.2) is 0 Å². The first-order chi connectivity index (χ1) is 9.40. The minimum absolute atomic E-state index is 0.0104. The van der Waals surface area contributed by atoms with Crippen molar-refractivity contribution in [3.8, 4) is 0 Å². The summed E-state index contributed by atoms with van der Waals surface area (Å²) in [7, 11) is 1.41. The van der Waals surface area contributed by atoms with Gasteiger partial charge in [-0.05, 0) is 33.2 Å². The second kappa shape index (κ2) is 7.59. The molecule has 0 saturated carbocycles. The van der Waals surface area contributed by atoms with E-state index in [4.69, 9.17) is 10.5 Å². The van der Waals surface area contributed by atoms with Crippen LogP contribution in [0.5, 0.6) is 0 Å². The van der Waals surface area contributed by atoms with E-state index >= 15 is 0 Å². The predicted molar refractivity (Wildman–Crippen MR) is 77.0 cm³/mol. The number of likely N-dealkylation sites (tertiary alicyclic amines) is 1. The van der Waals surface area contributed by atoms with Crippen molar-refractivity contribution in [1.29, 1.82) is 0 Å². The van der Waals surface area contributed by atoms with Gasteiger partial charge in [-0.15, -0.1) is 0 Å². The first-order valence-corrected chi connectivity index (χ1v) is 7.19. The fourth-order valence-electron chi connectivity index (χ4n) is 2.65. The fourth-order valence-corrected chi connectivity index (χ4v) is 2.65. The van der Waals surface area contributed by atoms with Crippen LogP contribution in [0.25, 0.3) is 0 Å². The predicted octanol–water partition coefficient (Wildman–Crippen LogP) is -0.0275. The molecule has 1 aliphatic heterocycles. The smallest absolute Gasteiger partial charge is 0.312 e. The van der Waals surface area contributed by atoms with Crippen molar-refractivity contribution >= 4 is 11.9 Å². The van der Waals surface area contributed by atoms with Gasteiger partial charge in [0.2, 0.25) is 5.91 Å². The van der Waals surface area contributed by atoms with Gasteiger partial charge in [0.25, 0.3) is 0 Å². The van der Waals surface area contributed by atoms with Gasteiger partial charge in [-0.25, -0.2) is 0 Å². The maximum atomic E-state index is 12.0. The molecule has 1 heterocycles. The highest BCUT2D eigenvalue weighted by Gasteiger charge is 2.34. The molecule has 3 N–H and O–H groups in total. The van der Waals surface area contributed by atoms with Crippen LogP contribution in [-0.4, -0.2) is 56.6 Å². The van der Waals surface area contributed by atoms with Gasteiger partial charge in [-0.2, -0.15) is 0 Å². The zero-order valence-electron chi connectivity index (χ0n) is 12.8. The standard InChI is InChI=1S/C14H27N3O3/c1-14(2,13(19)20-3)10-17-8-4-5-11(9-17)12(18)16-7-6-15/h11H,4-10,15H2,1-3H3,(H,16,18). The van der Waals surface area contributed by atoms with Gasteiger partial charge in [0, 0.05) is 26.2 Å². The van der Waals surface area contributed by atoms with Crippen LogP contribution in [-0.2, 0) is 14.3 Å². The zero-order valence-corrected chi connectivity index (χ0v) is 12.8. The van der Waals surface area contributed by atoms with Crippen LogP contribution >= 0.6 is 0 Å². The van der Waals surface area contributed by atoms with E-state index in [9.17, 15) is 9.59 Å². The number of nitrogens with two attached hydrogens (primary N) is 1. The van der Waals surface area contributed by atoms with Gasteiger partial charge in [-0.1, -0.05) is 0 Å². The molecule has 116 valence electrons.